The number of rotatable bonds is 1. The average Bonchev–Trinajstić information content (AvgIpc) is 2.13. The number of likely N-dealkylation sites (N-methyl/N-ethyl adjacent to an activating group) is 1. The Morgan fingerprint density at radius 1 is 1.18 bits per heavy atom. The molecular weight excluding hydrogens is 183 g/mol. The molecule has 1 aliphatic rings. The summed E-state index contributed by atoms with van der Waals surface area (Å²) in [5.74, 6) is 0. The Hall–Kier alpha value is 0.500. The monoisotopic (exact) mass is 200 g/mol. The molecule has 0 aromatic carbocycles. The van der Waals surface area contributed by atoms with Crippen LogP contribution in [0.4, 0.5) is 0 Å². The van der Waals surface area contributed by atoms with Crippen LogP contribution >= 0.6 is 24.8 Å². The summed E-state index contributed by atoms with van der Waals surface area (Å²) in [4.78, 5) is 2.23. The molecule has 1 saturated carbocycles. The van der Waals surface area contributed by atoms with Gasteiger partial charge in [-0.05, 0) is 26.9 Å². The summed E-state index contributed by atoms with van der Waals surface area (Å²) < 4.78 is 0. The highest BCUT2D eigenvalue weighted by atomic mass is 35.5. The lowest BCUT2D eigenvalue weighted by Crippen LogP contribution is -2.39. The fraction of sp³-hybridized carbons (Fsp3) is 1.00. The molecule has 0 spiro atoms. The first-order valence-corrected chi connectivity index (χ1v) is 3.64. The summed E-state index contributed by atoms with van der Waals surface area (Å²) in [6, 6.07) is 1.07. The molecule has 0 radical (unpaired) electrons. The lowest BCUT2D eigenvalue weighted by molar-refractivity contribution is 0.277. The van der Waals surface area contributed by atoms with Crippen LogP contribution in [-0.2, 0) is 0 Å². The van der Waals surface area contributed by atoms with E-state index in [1.54, 1.807) is 0 Å². The molecule has 0 bridgehead atoms. The largest absolute Gasteiger partial charge is 0.326 e. The highest BCUT2D eigenvalue weighted by Gasteiger charge is 2.24. The van der Waals surface area contributed by atoms with Gasteiger partial charge in [-0.1, -0.05) is 6.42 Å². The van der Waals surface area contributed by atoms with E-state index in [-0.39, 0.29) is 24.8 Å². The van der Waals surface area contributed by atoms with E-state index in [9.17, 15) is 0 Å². The molecule has 70 valence electrons. The van der Waals surface area contributed by atoms with Gasteiger partial charge in [-0.15, -0.1) is 24.8 Å². The number of hydrogen-bond acceptors (Lipinski definition) is 2. The van der Waals surface area contributed by atoms with Crippen LogP contribution in [-0.4, -0.2) is 31.1 Å². The smallest absolute Gasteiger partial charge is 0.0241 e. The molecule has 0 saturated heterocycles. The molecular formula is C7H18Cl2N2. The maximum atomic E-state index is 5.84. The van der Waals surface area contributed by atoms with Gasteiger partial charge in [-0.2, -0.15) is 0 Å². The Kier molecular flexibility index (Phi) is 7.75. The minimum absolute atomic E-state index is 0. The highest BCUT2D eigenvalue weighted by molar-refractivity contribution is 5.85. The Balaban J connectivity index is 0. The predicted molar refractivity (Wildman–Crippen MR) is 53.8 cm³/mol. The molecule has 1 rings (SSSR count). The first-order valence-electron chi connectivity index (χ1n) is 3.64. The minimum Gasteiger partial charge on any atom is -0.326 e. The maximum Gasteiger partial charge on any atom is 0.0241 e. The van der Waals surface area contributed by atoms with Crippen LogP contribution in [0.5, 0.6) is 0 Å². The van der Waals surface area contributed by atoms with E-state index in [1.165, 1.54) is 19.3 Å². The molecule has 0 amide bonds. The zero-order valence-electron chi connectivity index (χ0n) is 7.12. The van der Waals surface area contributed by atoms with Crippen molar-refractivity contribution in [1.29, 1.82) is 0 Å². The van der Waals surface area contributed by atoms with Gasteiger partial charge in [0.15, 0.2) is 0 Å². The zero-order valence-corrected chi connectivity index (χ0v) is 8.75. The third kappa shape index (κ3) is 3.61. The Labute approximate surface area is 81.3 Å². The molecule has 0 aromatic rings. The van der Waals surface area contributed by atoms with Gasteiger partial charge in [0.2, 0.25) is 0 Å². The molecule has 0 unspecified atom stereocenters. The van der Waals surface area contributed by atoms with Gasteiger partial charge >= 0.3 is 0 Å². The third-order valence-electron chi connectivity index (χ3n) is 2.19. The van der Waals surface area contributed by atoms with Gasteiger partial charge in [0.05, 0.1) is 0 Å². The summed E-state index contributed by atoms with van der Waals surface area (Å²) >= 11 is 0. The van der Waals surface area contributed by atoms with Crippen LogP contribution in [0.25, 0.3) is 0 Å². The number of nitrogens with two attached hydrogens (primary N) is 1. The van der Waals surface area contributed by atoms with Gasteiger partial charge in [-0.3, -0.25) is 0 Å². The number of halogens is 2. The quantitative estimate of drug-likeness (QED) is 0.692. The summed E-state index contributed by atoms with van der Waals surface area (Å²) in [6.07, 6.45) is 3.81. The Bertz CT molecular complexity index is 98.4. The van der Waals surface area contributed by atoms with E-state index in [2.05, 4.69) is 19.0 Å². The second-order valence-corrected chi connectivity index (χ2v) is 3.13. The molecule has 0 heterocycles. The van der Waals surface area contributed by atoms with E-state index < -0.39 is 0 Å². The van der Waals surface area contributed by atoms with Gasteiger partial charge in [0, 0.05) is 12.1 Å². The number of nitrogens with zero attached hydrogens (tertiary/aromatic N) is 1. The Morgan fingerprint density at radius 2 is 1.73 bits per heavy atom. The van der Waals surface area contributed by atoms with Gasteiger partial charge in [0.25, 0.3) is 0 Å². The van der Waals surface area contributed by atoms with Gasteiger partial charge < -0.3 is 10.6 Å². The van der Waals surface area contributed by atoms with Crippen molar-refractivity contribution in [3.63, 3.8) is 0 Å². The van der Waals surface area contributed by atoms with Crippen molar-refractivity contribution in [2.45, 2.75) is 31.3 Å². The third-order valence-corrected chi connectivity index (χ3v) is 2.19. The van der Waals surface area contributed by atoms with Gasteiger partial charge in [-0.25, -0.2) is 0 Å². The molecule has 2 N–H and O–H groups in total. The fourth-order valence-corrected chi connectivity index (χ4v) is 1.61. The summed E-state index contributed by atoms with van der Waals surface area (Å²) in [6.45, 7) is 0. The molecule has 1 aliphatic carbocycles. The average molecular weight is 201 g/mol. The van der Waals surface area contributed by atoms with Crippen molar-refractivity contribution < 1.29 is 0 Å². The molecule has 4 heteroatoms. The molecule has 2 atom stereocenters. The molecule has 0 aromatic heterocycles. The lowest BCUT2D eigenvalue weighted by Gasteiger charge is -2.22. The summed E-state index contributed by atoms with van der Waals surface area (Å²) in [5.41, 5.74) is 5.84. The van der Waals surface area contributed by atoms with E-state index in [1.807, 2.05) is 0 Å². The Morgan fingerprint density at radius 3 is 1.91 bits per heavy atom. The van der Waals surface area contributed by atoms with Crippen LogP contribution < -0.4 is 5.73 Å². The zero-order chi connectivity index (χ0) is 6.85. The van der Waals surface area contributed by atoms with E-state index in [4.69, 9.17) is 5.73 Å². The second kappa shape index (κ2) is 6.06. The van der Waals surface area contributed by atoms with E-state index in [0.29, 0.717) is 12.1 Å². The SMILES string of the molecule is CN(C)[C@@H]1CCC[C@H]1N.Cl.Cl. The normalized spacial score (nSPS) is 29.5. The van der Waals surface area contributed by atoms with Crippen molar-refractivity contribution in [1.82, 2.24) is 4.90 Å². The van der Waals surface area contributed by atoms with Crippen molar-refractivity contribution in [2.75, 3.05) is 14.1 Å². The van der Waals surface area contributed by atoms with Gasteiger partial charge in [0.1, 0.15) is 0 Å². The molecule has 2 nitrogen and oxygen atoms in total. The van der Waals surface area contributed by atoms with Crippen LogP contribution in [0.15, 0.2) is 0 Å². The minimum atomic E-state index is 0. The first kappa shape index (κ1) is 14.0. The van der Waals surface area contributed by atoms with Crippen molar-refractivity contribution in [3.05, 3.63) is 0 Å². The predicted octanol–water partition coefficient (Wildman–Crippen LogP) is 1.27. The fourth-order valence-electron chi connectivity index (χ4n) is 1.61. The van der Waals surface area contributed by atoms with Crippen LogP contribution in [0.1, 0.15) is 19.3 Å². The summed E-state index contributed by atoms with van der Waals surface area (Å²) in [5, 5.41) is 0. The highest BCUT2D eigenvalue weighted by Crippen LogP contribution is 2.20. The lowest BCUT2D eigenvalue weighted by atomic mass is 10.2. The topological polar surface area (TPSA) is 29.3 Å². The van der Waals surface area contributed by atoms with Crippen LogP contribution in [0.3, 0.4) is 0 Å². The van der Waals surface area contributed by atoms with E-state index >= 15 is 0 Å². The summed E-state index contributed by atoms with van der Waals surface area (Å²) in [7, 11) is 4.21. The van der Waals surface area contributed by atoms with Crippen molar-refractivity contribution >= 4 is 24.8 Å². The molecule has 0 aliphatic heterocycles. The van der Waals surface area contributed by atoms with Crippen molar-refractivity contribution in [3.8, 4) is 0 Å². The van der Waals surface area contributed by atoms with Crippen LogP contribution in [0.2, 0.25) is 0 Å². The molecule has 11 heavy (non-hydrogen) atoms. The van der Waals surface area contributed by atoms with Crippen molar-refractivity contribution in [2.24, 2.45) is 5.73 Å². The second-order valence-electron chi connectivity index (χ2n) is 3.13. The molecule has 1 fully saturated rings. The first-order chi connectivity index (χ1) is 4.22. The van der Waals surface area contributed by atoms with E-state index in [0.717, 1.165) is 0 Å². The van der Waals surface area contributed by atoms with Crippen LogP contribution in [0, 0.1) is 0 Å². The maximum absolute atomic E-state index is 5.84. The standard InChI is InChI=1S/C7H16N2.2ClH/c1-9(2)7-5-3-4-6(7)8;;/h6-7H,3-5,8H2,1-2H3;2*1H/t6-,7-;;/m1../s1. The number of hydrogen-bond donors (Lipinski definition) is 1.